The molecule has 98 valence electrons. The molecule has 0 bridgehead atoms. The molecular weight excluding hydrogens is 230 g/mol. The standard InChI is InChI=1S/C14H19NO3/c16-14(17)13-11-15(9-10-18-13)8-4-7-12-5-2-1-3-6-12/h1-3,5-6,13H,4,7-11H2,(H,16,17). The number of ether oxygens (including phenoxy) is 1. The van der Waals surface area contributed by atoms with Crippen molar-refractivity contribution in [2.24, 2.45) is 0 Å². The topological polar surface area (TPSA) is 49.8 Å². The van der Waals surface area contributed by atoms with Crippen LogP contribution in [-0.2, 0) is 16.0 Å². The minimum atomic E-state index is -0.859. The normalized spacial score (nSPS) is 20.8. The van der Waals surface area contributed by atoms with Gasteiger partial charge in [0.1, 0.15) is 0 Å². The smallest absolute Gasteiger partial charge is 0.334 e. The van der Waals surface area contributed by atoms with Crippen molar-refractivity contribution in [2.45, 2.75) is 18.9 Å². The molecule has 4 heteroatoms. The third kappa shape index (κ3) is 3.82. The number of nitrogens with zero attached hydrogens (tertiary/aromatic N) is 1. The van der Waals surface area contributed by atoms with E-state index in [1.165, 1.54) is 5.56 Å². The molecule has 1 heterocycles. The van der Waals surface area contributed by atoms with Crippen LogP contribution < -0.4 is 0 Å². The molecule has 1 saturated heterocycles. The molecular formula is C14H19NO3. The molecule has 18 heavy (non-hydrogen) atoms. The van der Waals surface area contributed by atoms with E-state index in [0.717, 1.165) is 25.9 Å². The van der Waals surface area contributed by atoms with Gasteiger partial charge in [-0.1, -0.05) is 30.3 Å². The largest absolute Gasteiger partial charge is 0.479 e. The van der Waals surface area contributed by atoms with Crippen molar-refractivity contribution >= 4 is 5.97 Å². The molecule has 1 aliphatic heterocycles. The van der Waals surface area contributed by atoms with Crippen LogP contribution in [0.25, 0.3) is 0 Å². The van der Waals surface area contributed by atoms with Crippen LogP contribution in [0.1, 0.15) is 12.0 Å². The first kappa shape index (κ1) is 13.1. The highest BCUT2D eigenvalue weighted by atomic mass is 16.5. The molecule has 1 N–H and O–H groups in total. The number of morpholine rings is 1. The number of carboxylic acids is 1. The Morgan fingerprint density at radius 3 is 2.89 bits per heavy atom. The fourth-order valence-corrected chi connectivity index (χ4v) is 2.21. The molecule has 4 nitrogen and oxygen atoms in total. The molecule has 1 aromatic carbocycles. The summed E-state index contributed by atoms with van der Waals surface area (Å²) in [6.07, 6.45) is 1.43. The summed E-state index contributed by atoms with van der Waals surface area (Å²) in [6.45, 7) is 2.78. The predicted octanol–water partition coefficient (Wildman–Crippen LogP) is 1.40. The average molecular weight is 249 g/mol. The number of benzene rings is 1. The van der Waals surface area contributed by atoms with E-state index in [0.29, 0.717) is 13.2 Å². The van der Waals surface area contributed by atoms with Crippen molar-refractivity contribution < 1.29 is 14.6 Å². The van der Waals surface area contributed by atoms with Crippen molar-refractivity contribution in [2.75, 3.05) is 26.2 Å². The van der Waals surface area contributed by atoms with Crippen LogP contribution >= 0.6 is 0 Å². The molecule has 0 aliphatic carbocycles. The van der Waals surface area contributed by atoms with Crippen LogP contribution in [0.2, 0.25) is 0 Å². The Hall–Kier alpha value is -1.39. The Morgan fingerprint density at radius 2 is 2.17 bits per heavy atom. The van der Waals surface area contributed by atoms with E-state index >= 15 is 0 Å². The maximum atomic E-state index is 10.8. The zero-order valence-corrected chi connectivity index (χ0v) is 10.4. The number of aliphatic carboxylic acids is 1. The summed E-state index contributed by atoms with van der Waals surface area (Å²) in [4.78, 5) is 13.0. The van der Waals surface area contributed by atoms with Crippen LogP contribution in [-0.4, -0.2) is 48.3 Å². The molecule has 0 spiro atoms. The number of aryl methyl sites for hydroxylation is 1. The van der Waals surface area contributed by atoms with Gasteiger partial charge in [0.15, 0.2) is 6.10 Å². The molecule has 1 unspecified atom stereocenters. The second kappa shape index (κ2) is 6.52. The first-order valence-electron chi connectivity index (χ1n) is 6.36. The Labute approximate surface area is 107 Å². The minimum Gasteiger partial charge on any atom is -0.479 e. The van der Waals surface area contributed by atoms with Gasteiger partial charge in [0.25, 0.3) is 0 Å². The van der Waals surface area contributed by atoms with E-state index in [4.69, 9.17) is 9.84 Å². The maximum Gasteiger partial charge on any atom is 0.334 e. The SMILES string of the molecule is O=C(O)C1CN(CCCc2ccccc2)CCO1. The van der Waals surface area contributed by atoms with E-state index in [-0.39, 0.29) is 0 Å². The van der Waals surface area contributed by atoms with Gasteiger partial charge in [-0.05, 0) is 24.9 Å². The Morgan fingerprint density at radius 1 is 1.39 bits per heavy atom. The van der Waals surface area contributed by atoms with Gasteiger partial charge in [-0.2, -0.15) is 0 Å². The second-order valence-electron chi connectivity index (χ2n) is 4.59. The van der Waals surface area contributed by atoms with E-state index in [2.05, 4.69) is 17.0 Å². The second-order valence-corrected chi connectivity index (χ2v) is 4.59. The summed E-state index contributed by atoms with van der Waals surface area (Å²) < 4.78 is 5.19. The summed E-state index contributed by atoms with van der Waals surface area (Å²) in [6, 6.07) is 10.4. The molecule has 1 aliphatic rings. The summed E-state index contributed by atoms with van der Waals surface area (Å²) in [7, 11) is 0. The van der Waals surface area contributed by atoms with Crippen molar-refractivity contribution in [3.63, 3.8) is 0 Å². The van der Waals surface area contributed by atoms with Crippen molar-refractivity contribution in [3.8, 4) is 0 Å². The van der Waals surface area contributed by atoms with E-state index in [9.17, 15) is 4.79 Å². The third-order valence-corrected chi connectivity index (χ3v) is 3.21. The lowest BCUT2D eigenvalue weighted by molar-refractivity contribution is -0.156. The molecule has 0 aromatic heterocycles. The lowest BCUT2D eigenvalue weighted by Gasteiger charge is -2.30. The van der Waals surface area contributed by atoms with Gasteiger partial charge >= 0.3 is 5.97 Å². The zero-order chi connectivity index (χ0) is 12.8. The summed E-state index contributed by atoms with van der Waals surface area (Å²) in [5, 5.41) is 8.91. The zero-order valence-electron chi connectivity index (χ0n) is 10.4. The first-order valence-corrected chi connectivity index (χ1v) is 6.36. The Bertz CT molecular complexity index is 380. The molecule has 0 amide bonds. The van der Waals surface area contributed by atoms with Crippen LogP contribution in [0.5, 0.6) is 0 Å². The van der Waals surface area contributed by atoms with Crippen molar-refractivity contribution in [1.82, 2.24) is 4.90 Å². The van der Waals surface area contributed by atoms with Crippen molar-refractivity contribution in [1.29, 1.82) is 0 Å². The van der Waals surface area contributed by atoms with Crippen molar-refractivity contribution in [3.05, 3.63) is 35.9 Å². The summed E-state index contributed by atoms with van der Waals surface area (Å²) >= 11 is 0. The molecule has 0 radical (unpaired) electrons. The lowest BCUT2D eigenvalue weighted by atomic mass is 10.1. The van der Waals surface area contributed by atoms with Gasteiger partial charge in [0, 0.05) is 13.1 Å². The average Bonchev–Trinajstić information content (AvgIpc) is 2.40. The Kier molecular flexibility index (Phi) is 4.73. The number of rotatable bonds is 5. The predicted molar refractivity (Wildman–Crippen MR) is 68.6 cm³/mol. The van der Waals surface area contributed by atoms with Gasteiger partial charge in [0.05, 0.1) is 6.61 Å². The number of carbonyl (C=O) groups is 1. The first-order chi connectivity index (χ1) is 8.75. The fourth-order valence-electron chi connectivity index (χ4n) is 2.21. The monoisotopic (exact) mass is 249 g/mol. The summed E-state index contributed by atoms with van der Waals surface area (Å²) in [5.74, 6) is -0.859. The number of carboxylic acid groups (broad SMARTS) is 1. The highest BCUT2D eigenvalue weighted by Crippen LogP contribution is 2.08. The van der Waals surface area contributed by atoms with Gasteiger partial charge in [0.2, 0.25) is 0 Å². The Balaban J connectivity index is 1.72. The molecule has 0 saturated carbocycles. The summed E-state index contributed by atoms with van der Waals surface area (Å²) in [5.41, 5.74) is 1.33. The third-order valence-electron chi connectivity index (χ3n) is 3.21. The lowest BCUT2D eigenvalue weighted by Crippen LogP contribution is -2.46. The van der Waals surface area contributed by atoms with Crippen LogP contribution in [0.4, 0.5) is 0 Å². The molecule has 1 fully saturated rings. The fraction of sp³-hybridized carbons (Fsp3) is 0.500. The van der Waals surface area contributed by atoms with Crippen LogP contribution in [0.3, 0.4) is 0 Å². The minimum absolute atomic E-state index is 0.504. The quantitative estimate of drug-likeness (QED) is 0.857. The molecule has 2 rings (SSSR count). The number of hydrogen-bond acceptors (Lipinski definition) is 3. The van der Waals surface area contributed by atoms with E-state index in [1.54, 1.807) is 0 Å². The van der Waals surface area contributed by atoms with E-state index in [1.807, 2.05) is 18.2 Å². The van der Waals surface area contributed by atoms with Gasteiger partial charge in [-0.3, -0.25) is 4.90 Å². The van der Waals surface area contributed by atoms with Crippen LogP contribution in [0.15, 0.2) is 30.3 Å². The number of hydrogen-bond donors (Lipinski definition) is 1. The van der Waals surface area contributed by atoms with E-state index < -0.39 is 12.1 Å². The highest BCUT2D eigenvalue weighted by molar-refractivity contribution is 5.72. The highest BCUT2D eigenvalue weighted by Gasteiger charge is 2.25. The van der Waals surface area contributed by atoms with Crippen LogP contribution in [0, 0.1) is 0 Å². The van der Waals surface area contributed by atoms with Gasteiger partial charge in [-0.25, -0.2) is 4.79 Å². The molecule has 1 atom stereocenters. The maximum absolute atomic E-state index is 10.8. The van der Waals surface area contributed by atoms with Gasteiger partial charge < -0.3 is 9.84 Å². The van der Waals surface area contributed by atoms with Gasteiger partial charge in [-0.15, -0.1) is 0 Å². The molecule has 1 aromatic rings.